The minimum absolute atomic E-state index is 0.0744. The number of hydrogen-bond donors (Lipinski definition) is 1. The van der Waals surface area contributed by atoms with E-state index in [-0.39, 0.29) is 23.3 Å². The smallest absolute Gasteiger partial charge is 0.321 e. The highest BCUT2D eigenvalue weighted by Crippen LogP contribution is 2.32. The third kappa shape index (κ3) is 3.15. The summed E-state index contributed by atoms with van der Waals surface area (Å²) in [4.78, 5) is 22.2. The highest BCUT2D eigenvalue weighted by Gasteiger charge is 2.23. The van der Waals surface area contributed by atoms with Gasteiger partial charge in [-0.05, 0) is 24.1 Å². The minimum Gasteiger partial charge on any atom is -0.548 e. The number of carboxylic acids is 1. The van der Waals surface area contributed by atoms with E-state index in [4.69, 9.17) is 0 Å². The van der Waals surface area contributed by atoms with E-state index in [1.54, 1.807) is 30.3 Å². The number of nitrogens with zero attached hydrogens (tertiary/aromatic N) is 3. The fourth-order valence-electron chi connectivity index (χ4n) is 2.37. The number of rotatable bonds is 6. The van der Waals surface area contributed by atoms with E-state index in [1.807, 2.05) is 6.07 Å². The second-order valence-electron chi connectivity index (χ2n) is 5.06. The molecule has 0 fully saturated rings. The molecule has 3 aromatic rings. The summed E-state index contributed by atoms with van der Waals surface area (Å²) in [6.45, 7) is 0. The molecule has 3 rings (SSSR count). The molecule has 0 radical (unpaired) electrons. The maximum absolute atomic E-state index is 11.4. The number of fused-ring (bicyclic) bond motifs is 1. The minimum atomic E-state index is -1.34. The molecule has 0 amide bonds. The van der Waals surface area contributed by atoms with Crippen molar-refractivity contribution >= 4 is 40.1 Å². The van der Waals surface area contributed by atoms with Crippen LogP contribution in [0.5, 0.6) is 0 Å². The maximum Gasteiger partial charge on any atom is 0.321 e. The Bertz CT molecular complexity index is 897. The summed E-state index contributed by atoms with van der Waals surface area (Å²) >= 11 is 0.860. The van der Waals surface area contributed by atoms with Crippen LogP contribution in [-0.2, 0) is 11.2 Å². The van der Waals surface area contributed by atoms with Gasteiger partial charge in [-0.15, -0.1) is 0 Å². The largest absolute Gasteiger partial charge is 0.548 e. The number of carbonyl (C=O) groups excluding carboxylic acids is 1. The average Bonchev–Trinajstić information content (AvgIpc) is 3.03. The van der Waals surface area contributed by atoms with Crippen LogP contribution in [0.2, 0.25) is 0 Å². The molecule has 0 saturated carbocycles. The van der Waals surface area contributed by atoms with Crippen LogP contribution < -0.4 is 10.4 Å². The van der Waals surface area contributed by atoms with Crippen molar-refractivity contribution in [3.8, 4) is 0 Å². The summed E-state index contributed by atoms with van der Waals surface area (Å²) in [5.74, 6) is -1.34. The Labute approximate surface area is 140 Å². The van der Waals surface area contributed by atoms with Crippen LogP contribution in [0.1, 0.15) is 5.56 Å². The summed E-state index contributed by atoms with van der Waals surface area (Å²) in [5.41, 5.74) is 1.08. The Morgan fingerprint density at radius 2 is 1.96 bits per heavy atom. The lowest BCUT2D eigenvalue weighted by atomic mass is 10.1. The zero-order valence-corrected chi connectivity index (χ0v) is 13.0. The van der Waals surface area contributed by atoms with Crippen LogP contribution in [0.25, 0.3) is 11.0 Å². The van der Waals surface area contributed by atoms with Gasteiger partial charge in [-0.1, -0.05) is 30.3 Å². The van der Waals surface area contributed by atoms with Crippen LogP contribution in [0.4, 0.5) is 11.4 Å². The van der Waals surface area contributed by atoms with E-state index < -0.39 is 16.9 Å². The van der Waals surface area contributed by atoms with Crippen molar-refractivity contribution in [2.75, 3.05) is 5.32 Å². The molecule has 0 saturated heterocycles. The van der Waals surface area contributed by atoms with E-state index in [9.17, 15) is 20.0 Å². The lowest BCUT2D eigenvalue weighted by Gasteiger charge is -2.21. The number of carboxylic acid groups (broad SMARTS) is 1. The molecule has 1 heterocycles. The molecule has 0 aliphatic carbocycles. The standard InChI is InChI=1S/C15H12N4O4S/c20-15(21)12(8-9-4-2-1-3-5-9)16-11-7-6-10-13(18-24-17-10)14(11)19(22)23/h1-7,12,16H,8H2,(H,20,21)/p-1/t12-/m0/s1. The van der Waals surface area contributed by atoms with E-state index in [1.165, 1.54) is 6.07 Å². The molecule has 1 aromatic heterocycles. The number of nitro groups is 1. The van der Waals surface area contributed by atoms with Gasteiger partial charge in [0.05, 0.1) is 28.7 Å². The first-order chi connectivity index (χ1) is 11.6. The van der Waals surface area contributed by atoms with Gasteiger partial charge >= 0.3 is 5.69 Å². The maximum atomic E-state index is 11.4. The number of nitrogens with one attached hydrogen (secondary N) is 1. The van der Waals surface area contributed by atoms with Gasteiger partial charge in [0.25, 0.3) is 0 Å². The summed E-state index contributed by atoms with van der Waals surface area (Å²) in [7, 11) is 0. The van der Waals surface area contributed by atoms with Gasteiger partial charge in [0.15, 0.2) is 5.52 Å². The van der Waals surface area contributed by atoms with E-state index in [0.29, 0.717) is 5.52 Å². The van der Waals surface area contributed by atoms with Crippen molar-refractivity contribution in [2.45, 2.75) is 12.5 Å². The average molecular weight is 343 g/mol. The lowest BCUT2D eigenvalue weighted by Crippen LogP contribution is -2.42. The number of benzene rings is 2. The van der Waals surface area contributed by atoms with E-state index in [2.05, 4.69) is 14.1 Å². The van der Waals surface area contributed by atoms with Crippen molar-refractivity contribution in [3.63, 3.8) is 0 Å². The predicted octanol–water partition coefficient (Wildman–Crippen LogP) is 1.37. The summed E-state index contributed by atoms with van der Waals surface area (Å²) in [6, 6.07) is 10.8. The number of anilines is 1. The molecular weight excluding hydrogens is 332 g/mol. The van der Waals surface area contributed by atoms with Gasteiger partial charge in [0.2, 0.25) is 0 Å². The SMILES string of the molecule is O=C([O-])[C@H](Cc1ccccc1)Nc1ccc2nsnc2c1[N+](=O)[O-]. The molecular formula is C15H11N4O4S-. The second-order valence-corrected chi connectivity index (χ2v) is 5.58. The van der Waals surface area contributed by atoms with Crippen molar-refractivity contribution in [2.24, 2.45) is 0 Å². The number of nitro benzene ring substituents is 1. The molecule has 0 unspecified atom stereocenters. The Hall–Kier alpha value is -3.07. The number of carbonyl (C=O) groups is 1. The van der Waals surface area contributed by atoms with E-state index >= 15 is 0 Å². The lowest BCUT2D eigenvalue weighted by molar-refractivity contribution is -0.382. The molecule has 2 aromatic carbocycles. The van der Waals surface area contributed by atoms with Crippen molar-refractivity contribution in [3.05, 3.63) is 58.1 Å². The number of hydrogen-bond acceptors (Lipinski definition) is 8. The first-order valence-corrected chi connectivity index (χ1v) is 7.70. The number of aliphatic carboxylic acids is 1. The predicted molar refractivity (Wildman–Crippen MR) is 86.6 cm³/mol. The van der Waals surface area contributed by atoms with Gasteiger partial charge < -0.3 is 15.2 Å². The molecule has 1 N–H and O–H groups in total. The molecule has 0 spiro atoms. The third-order valence-corrected chi connectivity index (χ3v) is 4.02. The highest BCUT2D eigenvalue weighted by molar-refractivity contribution is 7.00. The van der Waals surface area contributed by atoms with Crippen LogP contribution >= 0.6 is 11.7 Å². The Kier molecular flexibility index (Phi) is 4.34. The first kappa shape index (κ1) is 15.8. The van der Waals surface area contributed by atoms with Gasteiger partial charge in [-0.25, -0.2) is 0 Å². The van der Waals surface area contributed by atoms with Crippen LogP contribution in [-0.4, -0.2) is 25.7 Å². The third-order valence-electron chi connectivity index (χ3n) is 3.48. The summed E-state index contributed by atoms with van der Waals surface area (Å²) in [5, 5.41) is 25.5. The molecule has 8 nitrogen and oxygen atoms in total. The topological polar surface area (TPSA) is 121 Å². The molecule has 0 aliphatic rings. The van der Waals surface area contributed by atoms with Crippen LogP contribution in [0.15, 0.2) is 42.5 Å². The Balaban J connectivity index is 1.95. The molecule has 122 valence electrons. The molecule has 0 bridgehead atoms. The Morgan fingerprint density at radius 1 is 1.21 bits per heavy atom. The molecule has 1 atom stereocenters. The molecule has 0 aliphatic heterocycles. The zero-order chi connectivity index (χ0) is 17.1. The number of aromatic nitrogens is 2. The summed E-state index contributed by atoms with van der Waals surface area (Å²) < 4.78 is 7.88. The van der Waals surface area contributed by atoms with Crippen molar-refractivity contribution in [1.29, 1.82) is 0 Å². The fourth-order valence-corrected chi connectivity index (χ4v) is 2.91. The molecule has 24 heavy (non-hydrogen) atoms. The molecule has 9 heteroatoms. The quantitative estimate of drug-likeness (QED) is 0.530. The monoisotopic (exact) mass is 343 g/mol. The Morgan fingerprint density at radius 3 is 2.62 bits per heavy atom. The zero-order valence-electron chi connectivity index (χ0n) is 12.2. The van der Waals surface area contributed by atoms with E-state index in [0.717, 1.165) is 17.3 Å². The van der Waals surface area contributed by atoms with Crippen molar-refractivity contribution in [1.82, 2.24) is 8.75 Å². The van der Waals surface area contributed by atoms with Crippen LogP contribution in [0.3, 0.4) is 0 Å². The second kappa shape index (κ2) is 6.59. The van der Waals surface area contributed by atoms with Gasteiger partial charge in [0, 0.05) is 0 Å². The first-order valence-electron chi connectivity index (χ1n) is 6.97. The van der Waals surface area contributed by atoms with Crippen LogP contribution in [0, 0.1) is 10.1 Å². The van der Waals surface area contributed by atoms with Crippen molar-refractivity contribution < 1.29 is 14.8 Å². The normalized spacial score (nSPS) is 12.0. The van der Waals surface area contributed by atoms with Gasteiger partial charge in [-0.2, -0.15) is 8.75 Å². The van der Waals surface area contributed by atoms with Gasteiger partial charge in [0.1, 0.15) is 11.2 Å². The highest BCUT2D eigenvalue weighted by atomic mass is 32.1. The summed E-state index contributed by atoms with van der Waals surface area (Å²) in [6.07, 6.45) is 0.133. The van der Waals surface area contributed by atoms with Gasteiger partial charge in [-0.3, -0.25) is 10.1 Å². The fraction of sp³-hybridized carbons (Fsp3) is 0.133.